The number of hydrogen-bond acceptors (Lipinski definition) is 6. The maximum Gasteiger partial charge on any atom is 0.271 e. The summed E-state index contributed by atoms with van der Waals surface area (Å²) in [5.74, 6) is -1.04. The minimum atomic E-state index is -0.570. The number of carbonyl (C=O) groups is 2. The largest absolute Gasteiger partial charge is 0.294 e. The standard InChI is InChI=1S/C23H20ClN3O6/c1-23(2)11-19-22(20(28)12-23)16(13-3-5-14(6-4-13)26(30)31)10-21(29)25(19)18-9-15(27(32)33)7-8-17(18)24/h3-9,16H,10-12H2,1-2H3. The molecular weight excluding hydrogens is 450 g/mol. The molecule has 0 fully saturated rings. The maximum atomic E-state index is 13.4. The second kappa shape index (κ2) is 8.08. The lowest BCUT2D eigenvalue weighted by Gasteiger charge is -2.43. The third kappa shape index (κ3) is 4.11. The second-order valence-electron chi connectivity index (χ2n) is 9.03. The van der Waals surface area contributed by atoms with Gasteiger partial charge in [-0.05, 0) is 23.5 Å². The topological polar surface area (TPSA) is 124 Å². The fourth-order valence-corrected chi connectivity index (χ4v) is 4.80. The zero-order chi connectivity index (χ0) is 24.1. The highest BCUT2D eigenvalue weighted by Gasteiger charge is 2.45. The van der Waals surface area contributed by atoms with Crippen molar-refractivity contribution in [1.29, 1.82) is 0 Å². The van der Waals surface area contributed by atoms with Crippen LogP contribution in [0, 0.1) is 25.6 Å². The molecule has 1 aliphatic heterocycles. The van der Waals surface area contributed by atoms with Crippen LogP contribution in [-0.4, -0.2) is 21.5 Å². The SMILES string of the molecule is CC1(C)CC(=O)C2=C(C1)N(c1cc([N+](=O)[O-])ccc1Cl)C(=O)CC2c1ccc([N+](=O)[O-])cc1. The van der Waals surface area contributed by atoms with Crippen LogP contribution in [0.2, 0.25) is 5.02 Å². The van der Waals surface area contributed by atoms with Gasteiger partial charge in [-0.15, -0.1) is 0 Å². The summed E-state index contributed by atoms with van der Waals surface area (Å²) in [5.41, 5.74) is 0.970. The molecule has 2 aliphatic rings. The molecule has 10 heteroatoms. The van der Waals surface area contributed by atoms with E-state index < -0.39 is 21.2 Å². The molecule has 0 radical (unpaired) electrons. The zero-order valence-corrected chi connectivity index (χ0v) is 18.7. The molecular formula is C23H20ClN3O6. The molecule has 1 aliphatic carbocycles. The van der Waals surface area contributed by atoms with E-state index in [0.717, 1.165) is 0 Å². The van der Waals surface area contributed by atoms with Gasteiger partial charge in [0, 0.05) is 54.3 Å². The van der Waals surface area contributed by atoms with E-state index in [0.29, 0.717) is 23.3 Å². The van der Waals surface area contributed by atoms with Gasteiger partial charge < -0.3 is 0 Å². The van der Waals surface area contributed by atoms with Crippen molar-refractivity contribution < 1.29 is 19.4 Å². The summed E-state index contributed by atoms with van der Waals surface area (Å²) in [6.45, 7) is 3.84. The van der Waals surface area contributed by atoms with Gasteiger partial charge in [-0.1, -0.05) is 37.6 Å². The summed E-state index contributed by atoms with van der Waals surface area (Å²) < 4.78 is 0. The highest BCUT2D eigenvalue weighted by Crippen LogP contribution is 2.49. The van der Waals surface area contributed by atoms with Gasteiger partial charge in [0.25, 0.3) is 11.4 Å². The number of hydrogen-bond donors (Lipinski definition) is 0. The smallest absolute Gasteiger partial charge is 0.271 e. The molecule has 0 aromatic heterocycles. The molecule has 0 bridgehead atoms. The summed E-state index contributed by atoms with van der Waals surface area (Å²) in [5, 5.41) is 22.5. The third-order valence-corrected chi connectivity index (χ3v) is 6.35. The first-order valence-electron chi connectivity index (χ1n) is 10.3. The number of carbonyl (C=O) groups excluding carboxylic acids is 2. The number of nitro benzene ring substituents is 2. The number of amides is 1. The minimum absolute atomic E-state index is 0.0676. The Balaban J connectivity index is 1.90. The van der Waals surface area contributed by atoms with Gasteiger partial charge in [-0.2, -0.15) is 0 Å². The van der Waals surface area contributed by atoms with E-state index in [1.165, 1.54) is 35.2 Å². The van der Waals surface area contributed by atoms with Crippen LogP contribution in [-0.2, 0) is 9.59 Å². The van der Waals surface area contributed by atoms with Crippen LogP contribution >= 0.6 is 11.6 Å². The van der Waals surface area contributed by atoms with Crippen LogP contribution in [0.25, 0.3) is 0 Å². The lowest BCUT2D eigenvalue weighted by molar-refractivity contribution is -0.385. The number of halogens is 1. The quantitative estimate of drug-likeness (QED) is 0.441. The van der Waals surface area contributed by atoms with Gasteiger partial charge in [0.2, 0.25) is 5.91 Å². The molecule has 1 heterocycles. The number of allylic oxidation sites excluding steroid dienone is 2. The number of Topliss-reactive ketones (excluding diaryl/α,β-unsaturated/α-hetero) is 1. The van der Waals surface area contributed by atoms with Crippen molar-refractivity contribution in [2.75, 3.05) is 4.90 Å². The number of rotatable bonds is 4. The van der Waals surface area contributed by atoms with Crippen molar-refractivity contribution >= 4 is 40.4 Å². The molecule has 0 spiro atoms. The van der Waals surface area contributed by atoms with E-state index >= 15 is 0 Å². The van der Waals surface area contributed by atoms with Gasteiger partial charge in [0.15, 0.2) is 5.78 Å². The maximum absolute atomic E-state index is 13.4. The van der Waals surface area contributed by atoms with E-state index in [4.69, 9.17) is 11.6 Å². The Morgan fingerprint density at radius 1 is 0.970 bits per heavy atom. The first-order valence-corrected chi connectivity index (χ1v) is 10.6. The molecule has 1 amide bonds. The second-order valence-corrected chi connectivity index (χ2v) is 9.44. The summed E-state index contributed by atoms with van der Waals surface area (Å²) in [6, 6.07) is 9.67. The van der Waals surface area contributed by atoms with Crippen molar-refractivity contribution in [1.82, 2.24) is 0 Å². The molecule has 170 valence electrons. The highest BCUT2D eigenvalue weighted by atomic mass is 35.5. The minimum Gasteiger partial charge on any atom is -0.294 e. The van der Waals surface area contributed by atoms with E-state index in [1.807, 2.05) is 13.8 Å². The first-order chi connectivity index (χ1) is 15.5. The van der Waals surface area contributed by atoms with Gasteiger partial charge in [-0.3, -0.25) is 34.7 Å². The predicted octanol–water partition coefficient (Wildman–Crippen LogP) is 5.32. The molecule has 4 rings (SSSR count). The highest BCUT2D eigenvalue weighted by molar-refractivity contribution is 6.34. The Hall–Kier alpha value is -3.59. The lowest BCUT2D eigenvalue weighted by atomic mass is 9.69. The Morgan fingerprint density at radius 3 is 2.18 bits per heavy atom. The number of anilines is 1. The zero-order valence-electron chi connectivity index (χ0n) is 17.9. The van der Waals surface area contributed by atoms with Crippen molar-refractivity contribution in [3.63, 3.8) is 0 Å². The van der Waals surface area contributed by atoms with Crippen LogP contribution < -0.4 is 4.90 Å². The number of nitrogens with zero attached hydrogens (tertiary/aromatic N) is 3. The Kier molecular flexibility index (Phi) is 5.53. The van der Waals surface area contributed by atoms with E-state index in [1.54, 1.807) is 12.1 Å². The van der Waals surface area contributed by atoms with E-state index in [2.05, 4.69) is 0 Å². The predicted molar refractivity (Wildman–Crippen MR) is 121 cm³/mol. The molecule has 33 heavy (non-hydrogen) atoms. The van der Waals surface area contributed by atoms with Gasteiger partial charge >= 0.3 is 0 Å². The molecule has 0 saturated heterocycles. The van der Waals surface area contributed by atoms with Crippen LogP contribution in [0.15, 0.2) is 53.7 Å². The van der Waals surface area contributed by atoms with E-state index in [-0.39, 0.29) is 46.6 Å². The summed E-state index contributed by atoms with van der Waals surface area (Å²) in [7, 11) is 0. The fraction of sp³-hybridized carbons (Fsp3) is 0.304. The van der Waals surface area contributed by atoms with E-state index in [9.17, 15) is 29.8 Å². The van der Waals surface area contributed by atoms with Crippen molar-refractivity contribution in [3.8, 4) is 0 Å². The molecule has 0 saturated carbocycles. The monoisotopic (exact) mass is 469 g/mol. The van der Waals surface area contributed by atoms with Gasteiger partial charge in [0.1, 0.15) is 0 Å². The van der Waals surface area contributed by atoms with Crippen molar-refractivity contribution in [2.24, 2.45) is 5.41 Å². The number of nitro groups is 2. The summed E-state index contributed by atoms with van der Waals surface area (Å²) >= 11 is 6.35. The fourth-order valence-electron chi connectivity index (χ4n) is 4.59. The first kappa shape index (κ1) is 22.6. The average Bonchev–Trinajstić information content (AvgIpc) is 2.73. The van der Waals surface area contributed by atoms with Gasteiger partial charge in [0.05, 0.1) is 20.6 Å². The molecule has 1 unspecified atom stereocenters. The van der Waals surface area contributed by atoms with Crippen molar-refractivity contribution in [3.05, 3.63) is 84.5 Å². The molecule has 2 aromatic rings. The molecule has 0 N–H and O–H groups in total. The number of ketones is 1. The van der Waals surface area contributed by atoms with Crippen LogP contribution in [0.1, 0.15) is 44.6 Å². The van der Waals surface area contributed by atoms with Crippen molar-refractivity contribution in [2.45, 2.75) is 39.0 Å². The Morgan fingerprint density at radius 2 is 1.58 bits per heavy atom. The summed E-state index contributed by atoms with van der Waals surface area (Å²) in [4.78, 5) is 49.3. The number of benzene rings is 2. The normalized spacial score (nSPS) is 20.0. The van der Waals surface area contributed by atoms with Gasteiger partial charge in [-0.25, -0.2) is 0 Å². The average molecular weight is 470 g/mol. The number of non-ortho nitro benzene ring substituents is 2. The molecule has 1 atom stereocenters. The summed E-state index contributed by atoms with van der Waals surface area (Å²) in [6.07, 6.45) is 0.601. The lowest BCUT2D eigenvalue weighted by Crippen LogP contribution is -2.43. The van der Waals surface area contributed by atoms with Crippen LogP contribution in [0.3, 0.4) is 0 Å². The van der Waals surface area contributed by atoms with Crippen LogP contribution in [0.4, 0.5) is 17.1 Å². The molecule has 9 nitrogen and oxygen atoms in total. The molecule has 2 aromatic carbocycles. The third-order valence-electron chi connectivity index (χ3n) is 6.03. The van der Waals surface area contributed by atoms with Crippen LogP contribution in [0.5, 0.6) is 0 Å². The Bertz CT molecular complexity index is 1240. The Labute approximate surface area is 193 Å².